The van der Waals surface area contributed by atoms with E-state index in [1.165, 1.54) is 30.3 Å². The number of aromatic hydroxyl groups is 1. The van der Waals surface area contributed by atoms with Crippen molar-refractivity contribution in [2.75, 3.05) is 40.3 Å². The van der Waals surface area contributed by atoms with Gasteiger partial charge >= 0.3 is 0 Å². The summed E-state index contributed by atoms with van der Waals surface area (Å²) in [5, 5.41) is 23.8. The summed E-state index contributed by atoms with van der Waals surface area (Å²) in [6.45, 7) is 1.01. The average molecular weight is 670 g/mol. The second-order valence-corrected chi connectivity index (χ2v) is 14.1. The summed E-state index contributed by atoms with van der Waals surface area (Å²) in [6, 6.07) is 17.7. The van der Waals surface area contributed by atoms with Crippen molar-refractivity contribution in [3.05, 3.63) is 71.2 Å². The number of anilines is 3. The topological polar surface area (TPSA) is 157 Å². The van der Waals surface area contributed by atoms with Crippen molar-refractivity contribution in [3.63, 3.8) is 0 Å². The summed E-state index contributed by atoms with van der Waals surface area (Å²) < 4.78 is 59.6. The van der Waals surface area contributed by atoms with E-state index < -0.39 is 26.2 Å². The Kier molecular flexibility index (Phi) is 10.0. The fraction of sp³-hybridized carbons (Fsp3) is 0.333. The summed E-state index contributed by atoms with van der Waals surface area (Å²) in [4.78, 5) is 2.36. The second-order valence-electron chi connectivity index (χ2n) is 9.74. The largest absolute Gasteiger partial charge is 0.506 e. The lowest BCUT2D eigenvalue weighted by molar-refractivity contribution is 0.102. The molecule has 11 nitrogen and oxygen atoms in total. The van der Waals surface area contributed by atoms with Gasteiger partial charge in [-0.2, -0.15) is 0 Å². The van der Waals surface area contributed by atoms with E-state index in [9.17, 15) is 27.0 Å². The first kappa shape index (κ1) is 30.9. The number of hydrogen-bond donors (Lipinski definition) is 5. The number of hydrogen-bond acceptors (Lipinski definition) is 9. The number of sulfonamides is 2. The van der Waals surface area contributed by atoms with Crippen LogP contribution in [-0.4, -0.2) is 65.3 Å². The molecule has 1 heterocycles. The Bertz CT molecular complexity index is 1540. The molecule has 14 heteroatoms. The number of phenols is 1. The SMILES string of the molecule is CS(=O)(=O)Nc1cc(OC[C@@H](O)CNC2CCCCN2c2ccc(NS(=O)(=O)c3ccc(Br)cc3)cc2)ccc1O. The third kappa shape index (κ3) is 8.97. The molecular weight excluding hydrogens is 636 g/mol. The Morgan fingerprint density at radius 3 is 2.39 bits per heavy atom. The maximum absolute atomic E-state index is 12.7. The van der Waals surface area contributed by atoms with Crippen molar-refractivity contribution >= 4 is 53.0 Å². The fourth-order valence-corrected chi connectivity index (χ4v) is 6.30. The molecule has 1 saturated heterocycles. The van der Waals surface area contributed by atoms with Gasteiger partial charge in [0.05, 0.1) is 23.0 Å². The quantitative estimate of drug-likeness (QED) is 0.182. The zero-order chi connectivity index (χ0) is 29.6. The Balaban J connectivity index is 1.32. The Hall–Kier alpha value is -3.04. The van der Waals surface area contributed by atoms with Gasteiger partial charge in [0.15, 0.2) is 0 Å². The fourth-order valence-electron chi connectivity index (χ4n) is 4.41. The molecule has 1 aliphatic rings. The van der Waals surface area contributed by atoms with Crippen LogP contribution in [0.5, 0.6) is 11.5 Å². The van der Waals surface area contributed by atoms with E-state index in [0.717, 1.165) is 42.2 Å². The number of piperidine rings is 1. The molecule has 41 heavy (non-hydrogen) atoms. The molecule has 3 aromatic carbocycles. The third-order valence-electron chi connectivity index (χ3n) is 6.37. The molecule has 2 atom stereocenters. The summed E-state index contributed by atoms with van der Waals surface area (Å²) in [6.07, 6.45) is 2.98. The van der Waals surface area contributed by atoms with Gasteiger partial charge in [0.25, 0.3) is 10.0 Å². The second kappa shape index (κ2) is 13.3. The number of rotatable bonds is 12. The first-order chi connectivity index (χ1) is 19.4. The van der Waals surface area contributed by atoms with Gasteiger partial charge in [0.2, 0.25) is 10.0 Å². The third-order valence-corrected chi connectivity index (χ3v) is 8.89. The van der Waals surface area contributed by atoms with Gasteiger partial charge in [-0.15, -0.1) is 0 Å². The Labute approximate surface area is 248 Å². The van der Waals surface area contributed by atoms with E-state index >= 15 is 0 Å². The number of halogens is 1. The number of nitrogens with zero attached hydrogens (tertiary/aromatic N) is 1. The van der Waals surface area contributed by atoms with Crippen molar-refractivity contribution in [3.8, 4) is 11.5 Å². The first-order valence-corrected chi connectivity index (χ1v) is 17.1. The van der Waals surface area contributed by atoms with E-state index in [4.69, 9.17) is 4.74 Å². The molecular formula is C27H33BrN4O7S2. The van der Waals surface area contributed by atoms with Crippen LogP contribution in [0.25, 0.3) is 0 Å². The normalized spacial score (nSPS) is 16.7. The highest BCUT2D eigenvalue weighted by Crippen LogP contribution is 2.29. The van der Waals surface area contributed by atoms with Gasteiger partial charge in [0.1, 0.15) is 24.2 Å². The van der Waals surface area contributed by atoms with Crippen molar-refractivity contribution in [1.29, 1.82) is 0 Å². The predicted octanol–water partition coefficient (Wildman–Crippen LogP) is 3.67. The van der Waals surface area contributed by atoms with Crippen LogP contribution in [0.15, 0.2) is 76.1 Å². The predicted molar refractivity (Wildman–Crippen MR) is 162 cm³/mol. The van der Waals surface area contributed by atoms with Crippen molar-refractivity contribution in [1.82, 2.24) is 5.32 Å². The summed E-state index contributed by atoms with van der Waals surface area (Å²) in [5.74, 6) is 0.0561. The Morgan fingerprint density at radius 1 is 1.00 bits per heavy atom. The van der Waals surface area contributed by atoms with Gasteiger partial charge in [-0.25, -0.2) is 16.8 Å². The minimum atomic E-state index is -3.71. The molecule has 4 rings (SSSR count). The van der Waals surface area contributed by atoms with Crippen LogP contribution >= 0.6 is 15.9 Å². The van der Waals surface area contributed by atoms with Crippen molar-refractivity contribution < 1.29 is 31.8 Å². The van der Waals surface area contributed by atoms with Crippen LogP contribution in [-0.2, 0) is 20.0 Å². The highest BCUT2D eigenvalue weighted by atomic mass is 79.9. The standard InChI is InChI=1S/C27H33BrN4O7S2/c1-40(35,36)31-25-16-23(11-14-26(25)34)39-18-22(33)17-29-27-4-2-3-15-32(27)21-9-7-20(8-10-21)30-41(37,38)24-12-5-19(28)6-13-24/h5-14,16,22,27,29-31,33-34H,2-4,15,17-18H2,1H3/t22-,27?/m0/s1. The number of nitrogens with one attached hydrogen (secondary N) is 3. The van der Waals surface area contributed by atoms with Crippen LogP contribution in [0.1, 0.15) is 19.3 Å². The molecule has 0 saturated carbocycles. The molecule has 3 aromatic rings. The average Bonchev–Trinajstić information content (AvgIpc) is 2.92. The van der Waals surface area contributed by atoms with Gasteiger partial charge in [-0.1, -0.05) is 15.9 Å². The monoisotopic (exact) mass is 668 g/mol. The molecule has 0 aromatic heterocycles. The van der Waals surface area contributed by atoms with E-state index in [-0.39, 0.29) is 35.6 Å². The molecule has 0 aliphatic carbocycles. The highest BCUT2D eigenvalue weighted by molar-refractivity contribution is 9.10. The van der Waals surface area contributed by atoms with E-state index in [2.05, 4.69) is 35.6 Å². The number of aliphatic hydroxyl groups is 1. The first-order valence-electron chi connectivity index (χ1n) is 12.9. The lowest BCUT2D eigenvalue weighted by Crippen LogP contribution is -2.51. The molecule has 1 unspecified atom stereocenters. The molecule has 1 fully saturated rings. The molecule has 5 N–H and O–H groups in total. The number of benzene rings is 3. The zero-order valence-electron chi connectivity index (χ0n) is 22.3. The highest BCUT2D eigenvalue weighted by Gasteiger charge is 2.23. The van der Waals surface area contributed by atoms with Crippen molar-refractivity contribution in [2.45, 2.75) is 36.4 Å². The molecule has 0 spiro atoms. The van der Waals surface area contributed by atoms with Gasteiger partial charge in [-0.3, -0.25) is 14.8 Å². The number of aliphatic hydroxyl groups excluding tert-OH is 1. The van der Waals surface area contributed by atoms with Gasteiger partial charge < -0.3 is 19.8 Å². The summed E-state index contributed by atoms with van der Waals surface area (Å²) in [5.41, 5.74) is 1.37. The molecule has 1 aliphatic heterocycles. The van der Waals surface area contributed by atoms with Crippen LogP contribution < -0.4 is 24.4 Å². The molecule has 0 amide bonds. The van der Waals surface area contributed by atoms with E-state index in [1.54, 1.807) is 24.3 Å². The van der Waals surface area contributed by atoms with Gasteiger partial charge in [0, 0.05) is 35.0 Å². The number of ether oxygens (including phenoxy) is 1. The van der Waals surface area contributed by atoms with E-state index in [0.29, 0.717) is 11.4 Å². The lowest BCUT2D eigenvalue weighted by atomic mass is 10.1. The van der Waals surface area contributed by atoms with Crippen LogP contribution in [0.2, 0.25) is 0 Å². The zero-order valence-corrected chi connectivity index (χ0v) is 25.5. The summed E-state index contributed by atoms with van der Waals surface area (Å²) in [7, 11) is -7.30. The molecule has 222 valence electrons. The summed E-state index contributed by atoms with van der Waals surface area (Å²) >= 11 is 3.31. The smallest absolute Gasteiger partial charge is 0.261 e. The number of phenolic OH excluding ortho intramolecular Hbond substituents is 1. The molecule has 0 bridgehead atoms. The maximum atomic E-state index is 12.7. The minimum Gasteiger partial charge on any atom is -0.506 e. The van der Waals surface area contributed by atoms with Crippen LogP contribution in [0, 0.1) is 0 Å². The minimum absolute atomic E-state index is 0.0115. The van der Waals surface area contributed by atoms with Crippen LogP contribution in [0.4, 0.5) is 17.1 Å². The van der Waals surface area contributed by atoms with E-state index in [1.807, 2.05) is 12.1 Å². The van der Waals surface area contributed by atoms with Gasteiger partial charge in [-0.05, 0) is 79.9 Å². The molecule has 0 radical (unpaired) electrons. The van der Waals surface area contributed by atoms with Crippen LogP contribution in [0.3, 0.4) is 0 Å². The maximum Gasteiger partial charge on any atom is 0.261 e. The Morgan fingerprint density at radius 2 is 1.71 bits per heavy atom. The van der Waals surface area contributed by atoms with Crippen molar-refractivity contribution in [2.24, 2.45) is 0 Å². The lowest BCUT2D eigenvalue weighted by Gasteiger charge is -2.38.